The van der Waals surface area contributed by atoms with E-state index in [-0.39, 0.29) is 12.0 Å². The molecule has 1 fully saturated rings. The molecule has 1 aliphatic heterocycles. The van der Waals surface area contributed by atoms with Crippen LogP contribution in [0.15, 0.2) is 103 Å². The Kier molecular flexibility index (Phi) is 12.8. The van der Waals surface area contributed by atoms with Crippen LogP contribution in [0.3, 0.4) is 0 Å². The minimum Gasteiger partial charge on any atom is -0.447 e. The quantitative estimate of drug-likeness (QED) is 0.126. The van der Waals surface area contributed by atoms with Crippen molar-refractivity contribution in [2.45, 2.75) is 40.7 Å². The topological polar surface area (TPSA) is 112 Å². The monoisotopic (exact) mass is 591 g/mol. The van der Waals surface area contributed by atoms with Crippen LogP contribution in [0.25, 0.3) is 0 Å². The number of nitrogens with one attached hydrogen (secondary N) is 3. The average Bonchev–Trinajstić information content (AvgIpc) is 3.33. The summed E-state index contributed by atoms with van der Waals surface area (Å²) in [5, 5.41) is 10.4. The third-order valence-corrected chi connectivity index (χ3v) is 5.99. The molecule has 1 aliphatic rings. The number of hydrogen-bond donors (Lipinski definition) is 3. The van der Waals surface area contributed by atoms with E-state index >= 15 is 0 Å². The highest BCUT2D eigenvalue weighted by Gasteiger charge is 2.39. The number of carbonyl (C=O) groups excluding carboxylic acids is 3. The smallest absolute Gasteiger partial charge is 0.417 e. The molecule has 2 aromatic carbocycles. The third kappa shape index (κ3) is 10.1. The largest absolute Gasteiger partial charge is 0.447 e. The SMILES string of the molecule is C=C/C=C(\C)C1COC(=O)N1C(=O)c1cccc(N/N=C(\C=C\NC(=O)Nc2ccc(Cl)cc2)C(C)(C)C)c1.C=CC. The minimum atomic E-state index is -0.689. The molecule has 0 aromatic heterocycles. The summed E-state index contributed by atoms with van der Waals surface area (Å²) in [6.07, 6.45) is 7.59. The molecule has 2 aromatic rings. The van der Waals surface area contributed by atoms with Crippen LogP contribution in [0.2, 0.25) is 5.02 Å². The Balaban J connectivity index is 0.00000197. The van der Waals surface area contributed by atoms with Crippen molar-refractivity contribution in [1.29, 1.82) is 0 Å². The lowest BCUT2D eigenvalue weighted by Gasteiger charge is -2.21. The Morgan fingerprint density at radius 2 is 1.79 bits per heavy atom. The number of hydrazone groups is 1. The van der Waals surface area contributed by atoms with Crippen LogP contribution >= 0.6 is 11.6 Å². The summed E-state index contributed by atoms with van der Waals surface area (Å²) in [4.78, 5) is 38.9. The average molecular weight is 592 g/mol. The zero-order valence-corrected chi connectivity index (χ0v) is 25.4. The molecule has 10 heteroatoms. The van der Waals surface area contributed by atoms with E-state index in [2.05, 4.69) is 34.3 Å². The van der Waals surface area contributed by atoms with Gasteiger partial charge in [0.25, 0.3) is 5.91 Å². The fourth-order valence-corrected chi connectivity index (χ4v) is 3.74. The van der Waals surface area contributed by atoms with Gasteiger partial charge in [-0.25, -0.2) is 14.5 Å². The van der Waals surface area contributed by atoms with Gasteiger partial charge >= 0.3 is 12.1 Å². The first kappa shape index (κ1) is 33.6. The molecule has 3 N–H and O–H groups in total. The van der Waals surface area contributed by atoms with Crippen molar-refractivity contribution in [2.75, 3.05) is 17.3 Å². The normalized spacial score (nSPS) is 15.3. The summed E-state index contributed by atoms with van der Waals surface area (Å²) in [6.45, 7) is 16.8. The first-order valence-corrected chi connectivity index (χ1v) is 13.6. The van der Waals surface area contributed by atoms with Gasteiger partial charge in [0, 0.05) is 27.9 Å². The number of halogens is 1. The number of urea groups is 1. The Morgan fingerprint density at radius 3 is 2.40 bits per heavy atom. The molecule has 0 spiro atoms. The first-order chi connectivity index (χ1) is 19.9. The number of anilines is 2. The van der Waals surface area contributed by atoms with E-state index in [1.54, 1.807) is 72.8 Å². The summed E-state index contributed by atoms with van der Waals surface area (Å²) in [5.41, 5.74) is 5.49. The molecule has 0 radical (unpaired) electrons. The van der Waals surface area contributed by atoms with Crippen LogP contribution in [0.4, 0.5) is 21.0 Å². The van der Waals surface area contributed by atoms with E-state index < -0.39 is 24.1 Å². The van der Waals surface area contributed by atoms with E-state index in [4.69, 9.17) is 16.3 Å². The van der Waals surface area contributed by atoms with Crippen molar-refractivity contribution in [1.82, 2.24) is 10.2 Å². The predicted molar refractivity (Wildman–Crippen MR) is 171 cm³/mol. The lowest BCUT2D eigenvalue weighted by atomic mass is 9.90. The zero-order valence-electron chi connectivity index (χ0n) is 24.6. The van der Waals surface area contributed by atoms with Crippen molar-refractivity contribution in [3.63, 3.8) is 0 Å². The van der Waals surface area contributed by atoms with Gasteiger partial charge in [0.1, 0.15) is 6.61 Å². The van der Waals surface area contributed by atoms with Crippen molar-refractivity contribution in [3.8, 4) is 0 Å². The van der Waals surface area contributed by atoms with E-state index in [9.17, 15) is 14.4 Å². The van der Waals surface area contributed by atoms with Gasteiger partial charge in [-0.05, 0) is 68.0 Å². The van der Waals surface area contributed by atoms with Gasteiger partial charge in [0.15, 0.2) is 0 Å². The molecule has 3 rings (SSSR count). The molecule has 1 saturated heterocycles. The second-order valence-corrected chi connectivity index (χ2v) is 10.6. The summed E-state index contributed by atoms with van der Waals surface area (Å²) in [5.74, 6) is -0.473. The third-order valence-electron chi connectivity index (χ3n) is 5.74. The maximum absolute atomic E-state index is 13.2. The number of ether oxygens (including phenoxy) is 1. The second kappa shape index (κ2) is 16.0. The number of nitrogens with zero attached hydrogens (tertiary/aromatic N) is 2. The van der Waals surface area contributed by atoms with Gasteiger partial charge in [0.2, 0.25) is 0 Å². The van der Waals surface area contributed by atoms with Gasteiger partial charge in [-0.3, -0.25) is 10.2 Å². The zero-order chi connectivity index (χ0) is 31.3. The van der Waals surface area contributed by atoms with Crippen LogP contribution in [0, 0.1) is 5.41 Å². The fraction of sp³-hybridized carbons (Fsp3) is 0.250. The van der Waals surface area contributed by atoms with Gasteiger partial charge in [-0.2, -0.15) is 5.10 Å². The maximum Gasteiger partial charge on any atom is 0.417 e. The number of hydrogen-bond acceptors (Lipinski definition) is 6. The molecule has 1 atom stereocenters. The number of imide groups is 1. The minimum absolute atomic E-state index is 0.0933. The number of cyclic esters (lactones) is 1. The molecule has 0 aliphatic carbocycles. The highest BCUT2D eigenvalue weighted by Crippen LogP contribution is 2.24. The molecule has 0 bridgehead atoms. The first-order valence-electron chi connectivity index (χ1n) is 13.2. The van der Waals surface area contributed by atoms with Crippen molar-refractivity contribution < 1.29 is 19.1 Å². The molecule has 42 heavy (non-hydrogen) atoms. The summed E-state index contributed by atoms with van der Waals surface area (Å²) in [6, 6.07) is 12.5. The molecular weight excluding hydrogens is 554 g/mol. The highest BCUT2D eigenvalue weighted by molar-refractivity contribution is 6.30. The van der Waals surface area contributed by atoms with E-state index in [0.717, 1.165) is 10.5 Å². The van der Waals surface area contributed by atoms with E-state index in [0.29, 0.717) is 27.7 Å². The highest BCUT2D eigenvalue weighted by atomic mass is 35.5. The fourth-order valence-electron chi connectivity index (χ4n) is 3.62. The number of rotatable bonds is 8. The Hall–Kier alpha value is -4.63. The number of carbonyl (C=O) groups is 3. The van der Waals surface area contributed by atoms with Crippen molar-refractivity contribution >= 4 is 46.7 Å². The Morgan fingerprint density at radius 1 is 1.12 bits per heavy atom. The maximum atomic E-state index is 13.2. The van der Waals surface area contributed by atoms with Gasteiger partial charge in [0.05, 0.1) is 17.4 Å². The number of allylic oxidation sites excluding steroid dienone is 4. The summed E-state index contributed by atoms with van der Waals surface area (Å²) >= 11 is 5.87. The molecule has 4 amide bonds. The lowest BCUT2D eigenvalue weighted by molar-refractivity contribution is 0.0786. The van der Waals surface area contributed by atoms with Crippen LogP contribution in [-0.4, -0.2) is 41.3 Å². The standard InChI is InChI=1S/C29H32ClN5O4.C3H6/c1-6-8-19(2)24-18-39-28(38)35(24)26(36)20-9-7-10-23(17-20)33-34-25(29(3,4)5)15-16-31-27(37)32-22-13-11-21(30)12-14-22;1-3-2/h6-17,24,33H,1,18H2,2-5H3,(H2,31,32,37);3H,1H2,2H3/b16-15+,19-8+,34-25+;. The summed E-state index contributed by atoms with van der Waals surface area (Å²) in [7, 11) is 0. The Bertz CT molecular complexity index is 1370. The molecule has 222 valence electrons. The van der Waals surface area contributed by atoms with Crippen LogP contribution < -0.4 is 16.1 Å². The van der Waals surface area contributed by atoms with E-state index in [1.807, 2.05) is 34.6 Å². The second-order valence-electron chi connectivity index (χ2n) is 10.2. The summed E-state index contributed by atoms with van der Waals surface area (Å²) < 4.78 is 5.13. The molecule has 1 heterocycles. The molecule has 1 unspecified atom stereocenters. The number of benzene rings is 2. The predicted octanol–water partition coefficient (Wildman–Crippen LogP) is 7.78. The van der Waals surface area contributed by atoms with Crippen LogP contribution in [-0.2, 0) is 4.74 Å². The molecule has 0 saturated carbocycles. The van der Waals surface area contributed by atoms with E-state index in [1.165, 1.54) is 6.20 Å². The van der Waals surface area contributed by atoms with Crippen molar-refractivity contribution in [3.05, 3.63) is 108 Å². The van der Waals surface area contributed by atoms with Gasteiger partial charge < -0.3 is 15.4 Å². The molecular formula is C32H38ClN5O4. The lowest BCUT2D eigenvalue weighted by Crippen LogP contribution is -2.39. The van der Waals surface area contributed by atoms with Crippen molar-refractivity contribution in [2.24, 2.45) is 10.5 Å². The van der Waals surface area contributed by atoms with Gasteiger partial charge in [-0.1, -0.05) is 63.2 Å². The van der Waals surface area contributed by atoms with Crippen LogP contribution in [0.5, 0.6) is 0 Å². The molecule has 9 nitrogen and oxygen atoms in total. The van der Waals surface area contributed by atoms with Gasteiger partial charge in [-0.15, -0.1) is 6.58 Å². The number of amides is 4. The Labute approximate surface area is 252 Å². The van der Waals surface area contributed by atoms with Crippen LogP contribution in [0.1, 0.15) is 45.0 Å².